The van der Waals surface area contributed by atoms with E-state index >= 15 is 0 Å². The third-order valence-electron chi connectivity index (χ3n) is 9.28. The summed E-state index contributed by atoms with van der Waals surface area (Å²) < 4.78 is 2.39. The van der Waals surface area contributed by atoms with Crippen molar-refractivity contribution in [1.82, 2.24) is 9.88 Å². The van der Waals surface area contributed by atoms with Crippen molar-refractivity contribution in [3.8, 4) is 5.69 Å². The van der Waals surface area contributed by atoms with Gasteiger partial charge in [0, 0.05) is 47.2 Å². The number of nitrogens with zero attached hydrogens (tertiary/aromatic N) is 3. The molecule has 1 unspecified atom stereocenters. The molecule has 1 N–H and O–H groups in total. The average molecular weight is 665 g/mol. The summed E-state index contributed by atoms with van der Waals surface area (Å²) in [5.74, 6) is 1.54. The molecule has 0 spiro atoms. The lowest BCUT2D eigenvalue weighted by atomic mass is 10.1. The molecule has 7 aromatic carbocycles. The van der Waals surface area contributed by atoms with Gasteiger partial charge in [0.15, 0.2) is 5.84 Å². The molecule has 4 nitrogen and oxygen atoms in total. The van der Waals surface area contributed by atoms with Crippen molar-refractivity contribution in [3.63, 3.8) is 0 Å². The zero-order chi connectivity index (χ0) is 32.3. The Labute approximate surface area is 292 Å². The van der Waals surface area contributed by atoms with E-state index in [1.54, 1.807) is 0 Å². The molecular weight excluding hydrogens is 637 g/mol. The third-order valence-corrected chi connectivity index (χ3v) is 11.8. The van der Waals surface area contributed by atoms with E-state index in [2.05, 4.69) is 143 Å². The smallest absolute Gasteiger partial charge is 0.159 e. The van der Waals surface area contributed by atoms with Crippen LogP contribution in [0.1, 0.15) is 22.9 Å². The number of hydrogen-bond donors (Lipinski definition) is 1. The lowest BCUT2D eigenvalue weighted by Gasteiger charge is -2.23. The van der Waals surface area contributed by atoms with Crippen molar-refractivity contribution < 1.29 is 0 Å². The van der Waals surface area contributed by atoms with Gasteiger partial charge in [-0.2, -0.15) is 0 Å². The van der Waals surface area contributed by atoms with E-state index in [0.29, 0.717) is 5.84 Å². The molecule has 0 radical (unpaired) electrons. The van der Waals surface area contributed by atoms with E-state index in [-0.39, 0.29) is 6.17 Å². The second-order valence-corrected chi connectivity index (χ2v) is 14.5. The first kappa shape index (κ1) is 28.5. The Morgan fingerprint density at radius 2 is 1.12 bits per heavy atom. The van der Waals surface area contributed by atoms with E-state index in [0.717, 1.165) is 28.2 Å². The molecule has 6 heteroatoms. The van der Waals surface area contributed by atoms with Crippen molar-refractivity contribution in [1.29, 1.82) is 0 Å². The predicted molar refractivity (Wildman–Crippen MR) is 205 cm³/mol. The van der Waals surface area contributed by atoms with E-state index in [9.17, 15) is 0 Å². The molecular formula is C43H28N4S2. The highest BCUT2D eigenvalue weighted by atomic mass is 32.2. The second-order valence-electron chi connectivity index (χ2n) is 12.3. The van der Waals surface area contributed by atoms with Crippen LogP contribution >= 0.6 is 23.5 Å². The number of fused-ring (bicyclic) bond motifs is 6. The number of nitrogens with one attached hydrogen (secondary N) is 1. The first-order chi connectivity index (χ1) is 24.2. The molecule has 232 valence electrons. The van der Waals surface area contributed by atoms with Gasteiger partial charge in [-0.05, 0) is 70.9 Å². The quantitative estimate of drug-likeness (QED) is 0.204. The summed E-state index contributed by atoms with van der Waals surface area (Å²) in [5.41, 5.74) is 6.62. The summed E-state index contributed by atoms with van der Waals surface area (Å²) in [6, 6.07) is 56.1. The zero-order valence-electron chi connectivity index (χ0n) is 26.2. The van der Waals surface area contributed by atoms with Crippen molar-refractivity contribution in [3.05, 3.63) is 174 Å². The topological polar surface area (TPSA) is 41.7 Å². The van der Waals surface area contributed by atoms with Gasteiger partial charge in [0.05, 0.1) is 11.0 Å². The highest BCUT2D eigenvalue weighted by molar-refractivity contribution is 8.05. The molecule has 0 saturated carbocycles. The van der Waals surface area contributed by atoms with Crippen LogP contribution in [0.4, 0.5) is 0 Å². The molecule has 1 atom stereocenters. The number of rotatable bonds is 4. The zero-order valence-corrected chi connectivity index (χ0v) is 27.9. The van der Waals surface area contributed by atoms with E-state index in [1.807, 2.05) is 47.8 Å². The predicted octanol–water partition coefficient (Wildman–Crippen LogP) is 11.0. The van der Waals surface area contributed by atoms with Crippen LogP contribution in [0.2, 0.25) is 0 Å². The van der Waals surface area contributed by atoms with Crippen molar-refractivity contribution in [2.75, 3.05) is 0 Å². The fourth-order valence-electron chi connectivity index (χ4n) is 6.90. The minimum atomic E-state index is -0.231. The molecule has 0 amide bonds. The molecule has 3 heterocycles. The van der Waals surface area contributed by atoms with Gasteiger partial charge in [-0.15, -0.1) is 0 Å². The monoisotopic (exact) mass is 664 g/mol. The van der Waals surface area contributed by atoms with Gasteiger partial charge < -0.3 is 9.88 Å². The fourth-order valence-corrected chi connectivity index (χ4v) is 9.23. The van der Waals surface area contributed by atoms with Gasteiger partial charge in [-0.1, -0.05) is 127 Å². The van der Waals surface area contributed by atoms with Crippen LogP contribution < -0.4 is 5.32 Å². The number of benzene rings is 7. The van der Waals surface area contributed by atoms with Crippen LogP contribution in [0.3, 0.4) is 0 Å². The van der Waals surface area contributed by atoms with Crippen LogP contribution in [0.15, 0.2) is 187 Å². The van der Waals surface area contributed by atoms with Crippen molar-refractivity contribution in [2.24, 2.45) is 9.98 Å². The normalized spacial score (nSPS) is 15.4. The first-order valence-electron chi connectivity index (χ1n) is 16.4. The average Bonchev–Trinajstić information content (AvgIpc) is 3.49. The highest BCUT2D eigenvalue weighted by Crippen LogP contribution is 2.51. The number of aliphatic imine (C=N–C) groups is 2. The van der Waals surface area contributed by atoms with Crippen LogP contribution in [-0.4, -0.2) is 16.2 Å². The maximum Gasteiger partial charge on any atom is 0.159 e. The van der Waals surface area contributed by atoms with Crippen LogP contribution in [0.25, 0.3) is 38.3 Å². The van der Waals surface area contributed by atoms with E-state index < -0.39 is 0 Å². The van der Waals surface area contributed by atoms with Gasteiger partial charge in [0.25, 0.3) is 0 Å². The molecule has 49 heavy (non-hydrogen) atoms. The number of hydrogen-bond acceptors (Lipinski definition) is 5. The largest absolute Gasteiger partial charge is 0.344 e. The maximum atomic E-state index is 5.08. The second kappa shape index (κ2) is 11.5. The number of para-hydroxylation sites is 1. The lowest BCUT2D eigenvalue weighted by molar-refractivity contribution is 0.674. The van der Waals surface area contributed by atoms with Crippen LogP contribution in [0.5, 0.6) is 0 Å². The summed E-state index contributed by atoms with van der Waals surface area (Å²) in [7, 11) is 0. The Kier molecular flexibility index (Phi) is 6.71. The molecule has 10 rings (SSSR count). The van der Waals surface area contributed by atoms with Gasteiger partial charge >= 0.3 is 0 Å². The van der Waals surface area contributed by atoms with Gasteiger partial charge in [0.2, 0.25) is 0 Å². The Bertz CT molecular complexity index is 2620. The number of aromatic nitrogens is 1. The molecule has 0 bridgehead atoms. The molecule has 0 aliphatic carbocycles. The fraction of sp³-hybridized carbons (Fsp3) is 0.0233. The molecule has 0 fully saturated rings. The minimum absolute atomic E-state index is 0.231. The standard InChI is InChI=1S/C43H28N4S2/c1-3-11-27(12-4-1)41-44-42(28-13-5-2-6-14-28)46-43(45-41)29-19-21-32(22-20-29)47-35-18-10-9-17-33(35)34-25-39-40(26-36(34)47)49-38-24-31-16-8-7-15-30(31)23-37(38)48-39/h1-26,41H,(H,44,45,46). The maximum absolute atomic E-state index is 5.08. The highest BCUT2D eigenvalue weighted by Gasteiger charge is 2.23. The Morgan fingerprint density at radius 1 is 0.510 bits per heavy atom. The van der Waals surface area contributed by atoms with Gasteiger partial charge in [-0.3, -0.25) is 0 Å². The molecule has 2 aliphatic heterocycles. The van der Waals surface area contributed by atoms with Crippen molar-refractivity contribution in [2.45, 2.75) is 25.7 Å². The van der Waals surface area contributed by atoms with Gasteiger partial charge in [-0.25, -0.2) is 9.98 Å². The molecule has 8 aromatic rings. The van der Waals surface area contributed by atoms with E-state index in [1.165, 1.54) is 52.2 Å². The Balaban J connectivity index is 1.07. The van der Waals surface area contributed by atoms with Crippen molar-refractivity contribution >= 4 is 67.8 Å². The molecule has 2 aliphatic rings. The summed E-state index contributed by atoms with van der Waals surface area (Å²) in [5, 5.41) is 8.64. The SMILES string of the molecule is c1ccc(C2=NC(c3ccc(-n4c5ccccc5c5cc6c(cc54)Sc4cc5ccccc5cc4S6)cc3)=NC(c3ccccc3)N2)cc1. The summed E-state index contributed by atoms with van der Waals surface area (Å²) >= 11 is 3.75. The van der Waals surface area contributed by atoms with Gasteiger partial charge in [0.1, 0.15) is 12.0 Å². The Hall–Kier alpha value is -5.56. The van der Waals surface area contributed by atoms with Crippen LogP contribution in [0, 0.1) is 0 Å². The molecule has 1 aromatic heterocycles. The lowest BCUT2D eigenvalue weighted by Crippen LogP contribution is -2.33. The summed E-state index contributed by atoms with van der Waals surface area (Å²) in [4.78, 5) is 15.3. The molecule has 0 saturated heterocycles. The minimum Gasteiger partial charge on any atom is -0.344 e. The van der Waals surface area contributed by atoms with Crippen LogP contribution in [-0.2, 0) is 0 Å². The summed E-state index contributed by atoms with van der Waals surface area (Å²) in [6.07, 6.45) is -0.231. The number of amidine groups is 2. The summed E-state index contributed by atoms with van der Waals surface area (Å²) in [6.45, 7) is 0. The first-order valence-corrected chi connectivity index (χ1v) is 18.0. The Morgan fingerprint density at radius 3 is 1.86 bits per heavy atom. The third kappa shape index (κ3) is 4.95. The van der Waals surface area contributed by atoms with E-state index in [4.69, 9.17) is 9.98 Å².